The molecule has 1 heterocycles. The summed E-state index contributed by atoms with van der Waals surface area (Å²) in [6, 6.07) is 4.74. The van der Waals surface area contributed by atoms with Crippen LogP contribution < -0.4 is 16.7 Å². The smallest absolute Gasteiger partial charge is 0.350 e. The molecule has 2 aromatic rings. The largest absolute Gasteiger partial charge is 0.388 e. The number of hydrogen-bond acceptors (Lipinski definition) is 5. The van der Waals surface area contributed by atoms with E-state index in [-0.39, 0.29) is 28.7 Å². The van der Waals surface area contributed by atoms with Gasteiger partial charge in [-0.1, -0.05) is 37.3 Å². The van der Waals surface area contributed by atoms with Crippen LogP contribution in [-0.4, -0.2) is 44.1 Å². The maximum Gasteiger partial charge on any atom is 0.350 e. The molecule has 0 bridgehead atoms. The third-order valence-corrected chi connectivity index (χ3v) is 5.78. The maximum absolute atomic E-state index is 12.7. The molecule has 1 aliphatic carbocycles. The van der Waals surface area contributed by atoms with Crippen LogP contribution in [0.3, 0.4) is 0 Å². The molecule has 0 saturated heterocycles. The Hall–Kier alpha value is -2.16. The maximum atomic E-state index is 12.7. The van der Waals surface area contributed by atoms with E-state index in [1.165, 1.54) is 15.3 Å². The van der Waals surface area contributed by atoms with E-state index in [2.05, 4.69) is 10.4 Å². The highest BCUT2D eigenvalue weighted by Crippen LogP contribution is 2.27. The lowest BCUT2D eigenvalue weighted by molar-refractivity contribution is 0.0246. The molecule has 1 aromatic heterocycles. The van der Waals surface area contributed by atoms with Crippen molar-refractivity contribution >= 4 is 17.5 Å². The number of nitrogens with two attached hydrogens (primary N) is 1. The van der Waals surface area contributed by atoms with Crippen molar-refractivity contribution in [3.63, 3.8) is 0 Å². The minimum Gasteiger partial charge on any atom is -0.388 e. The third kappa shape index (κ3) is 4.88. The first kappa shape index (κ1) is 21.5. The van der Waals surface area contributed by atoms with Crippen LogP contribution in [0.15, 0.2) is 23.0 Å². The topological polar surface area (TPSA) is 115 Å². The number of benzene rings is 1. The Morgan fingerprint density at radius 1 is 1.31 bits per heavy atom. The monoisotopic (exact) mass is 421 g/mol. The number of rotatable bonds is 6. The normalized spacial score (nSPS) is 16.4. The molecule has 0 aliphatic heterocycles. The SMILES string of the molecule is Cc1nn(-c2ccc(Cl)c(C(=O)NCC3(O)CCCCCC3)c2)c(=O)n1CCN. The van der Waals surface area contributed by atoms with Gasteiger partial charge in [-0.15, -0.1) is 0 Å². The molecule has 1 fully saturated rings. The number of aromatic nitrogens is 3. The highest BCUT2D eigenvalue weighted by atomic mass is 35.5. The molecule has 1 amide bonds. The average molecular weight is 422 g/mol. The number of aryl methyl sites for hydroxylation is 1. The molecule has 0 atom stereocenters. The lowest BCUT2D eigenvalue weighted by Crippen LogP contribution is -2.42. The Labute approximate surface area is 174 Å². The van der Waals surface area contributed by atoms with Crippen molar-refractivity contribution in [1.82, 2.24) is 19.7 Å². The fourth-order valence-corrected chi connectivity index (χ4v) is 3.97. The van der Waals surface area contributed by atoms with Crippen molar-refractivity contribution in [3.05, 3.63) is 45.1 Å². The Bertz CT molecular complexity index is 929. The number of halogens is 1. The fraction of sp³-hybridized carbons (Fsp3) is 0.550. The molecule has 0 unspecified atom stereocenters. The van der Waals surface area contributed by atoms with Crippen molar-refractivity contribution in [2.45, 2.75) is 57.6 Å². The molecule has 158 valence electrons. The molecule has 1 aromatic carbocycles. The van der Waals surface area contributed by atoms with Gasteiger partial charge in [0.25, 0.3) is 5.91 Å². The number of nitrogens with zero attached hydrogens (tertiary/aromatic N) is 3. The Kier molecular flexibility index (Phi) is 6.77. The standard InChI is InChI=1S/C20H28ClN5O3/c1-14-24-26(19(28)25(14)11-10-22)15-6-7-17(21)16(12-15)18(27)23-13-20(29)8-4-2-3-5-9-20/h6-7,12,29H,2-5,8-11,13,22H2,1H3,(H,23,27). The first-order valence-electron chi connectivity index (χ1n) is 10.0. The van der Waals surface area contributed by atoms with Gasteiger partial charge in [0, 0.05) is 19.6 Å². The van der Waals surface area contributed by atoms with Gasteiger partial charge < -0.3 is 16.2 Å². The van der Waals surface area contributed by atoms with Gasteiger partial charge in [0.15, 0.2) is 0 Å². The van der Waals surface area contributed by atoms with Gasteiger partial charge in [-0.05, 0) is 38.0 Å². The zero-order valence-corrected chi connectivity index (χ0v) is 17.4. The first-order chi connectivity index (χ1) is 13.8. The summed E-state index contributed by atoms with van der Waals surface area (Å²) in [7, 11) is 0. The number of carbonyl (C=O) groups excluding carboxylic acids is 1. The van der Waals surface area contributed by atoms with Crippen molar-refractivity contribution in [2.24, 2.45) is 5.73 Å². The van der Waals surface area contributed by atoms with E-state index >= 15 is 0 Å². The lowest BCUT2D eigenvalue weighted by atomic mass is 9.94. The van der Waals surface area contributed by atoms with Crippen molar-refractivity contribution in [3.8, 4) is 5.69 Å². The van der Waals surface area contributed by atoms with E-state index in [0.29, 0.717) is 37.4 Å². The summed E-state index contributed by atoms with van der Waals surface area (Å²) in [4.78, 5) is 25.3. The Balaban J connectivity index is 1.81. The minimum atomic E-state index is -0.884. The molecule has 29 heavy (non-hydrogen) atoms. The van der Waals surface area contributed by atoms with Gasteiger partial charge in [-0.25, -0.2) is 4.79 Å². The predicted octanol–water partition coefficient (Wildman–Crippen LogP) is 1.77. The van der Waals surface area contributed by atoms with Crippen molar-refractivity contribution in [2.75, 3.05) is 13.1 Å². The number of nitrogens with one attached hydrogen (secondary N) is 1. The molecule has 8 nitrogen and oxygen atoms in total. The summed E-state index contributed by atoms with van der Waals surface area (Å²) in [5.41, 5.74) is 5.03. The number of hydrogen-bond donors (Lipinski definition) is 3. The summed E-state index contributed by atoms with van der Waals surface area (Å²) >= 11 is 6.23. The van der Waals surface area contributed by atoms with E-state index in [1.807, 2.05) is 0 Å². The van der Waals surface area contributed by atoms with Gasteiger partial charge in [0.1, 0.15) is 5.82 Å². The molecular weight excluding hydrogens is 394 g/mol. The Morgan fingerprint density at radius 2 is 2.00 bits per heavy atom. The van der Waals surface area contributed by atoms with Gasteiger partial charge in [0.05, 0.1) is 21.9 Å². The van der Waals surface area contributed by atoms with Crippen LogP contribution in [0.25, 0.3) is 5.69 Å². The van der Waals surface area contributed by atoms with Crippen LogP contribution >= 0.6 is 11.6 Å². The molecule has 0 radical (unpaired) electrons. The molecule has 0 spiro atoms. The summed E-state index contributed by atoms with van der Waals surface area (Å²) in [5.74, 6) is 0.151. The van der Waals surface area contributed by atoms with E-state index in [4.69, 9.17) is 17.3 Å². The molecule has 9 heteroatoms. The van der Waals surface area contributed by atoms with E-state index in [9.17, 15) is 14.7 Å². The van der Waals surface area contributed by atoms with Crippen LogP contribution in [0.1, 0.15) is 54.7 Å². The third-order valence-electron chi connectivity index (χ3n) is 5.45. The summed E-state index contributed by atoms with van der Waals surface area (Å²) in [6.07, 6.45) is 5.47. The van der Waals surface area contributed by atoms with Crippen LogP contribution in [0.4, 0.5) is 0 Å². The van der Waals surface area contributed by atoms with Crippen LogP contribution in [0.5, 0.6) is 0 Å². The first-order valence-corrected chi connectivity index (χ1v) is 10.4. The van der Waals surface area contributed by atoms with Crippen LogP contribution in [-0.2, 0) is 6.54 Å². The van der Waals surface area contributed by atoms with Crippen LogP contribution in [0, 0.1) is 6.92 Å². The Morgan fingerprint density at radius 3 is 2.66 bits per heavy atom. The van der Waals surface area contributed by atoms with E-state index < -0.39 is 5.60 Å². The van der Waals surface area contributed by atoms with Gasteiger partial charge >= 0.3 is 5.69 Å². The van der Waals surface area contributed by atoms with Gasteiger partial charge in [0.2, 0.25) is 0 Å². The number of carbonyl (C=O) groups is 1. The summed E-state index contributed by atoms with van der Waals surface area (Å²) in [6.45, 7) is 2.59. The summed E-state index contributed by atoms with van der Waals surface area (Å²) < 4.78 is 2.72. The molecule has 1 saturated carbocycles. The lowest BCUT2D eigenvalue weighted by Gasteiger charge is -2.26. The van der Waals surface area contributed by atoms with Gasteiger partial charge in [-0.2, -0.15) is 9.78 Å². The molecule has 1 aliphatic rings. The van der Waals surface area contributed by atoms with E-state index in [0.717, 1.165) is 25.7 Å². The number of amides is 1. The quantitative estimate of drug-likeness (QED) is 0.615. The second kappa shape index (κ2) is 9.11. The fourth-order valence-electron chi connectivity index (χ4n) is 3.77. The predicted molar refractivity (Wildman–Crippen MR) is 112 cm³/mol. The van der Waals surface area contributed by atoms with Crippen molar-refractivity contribution < 1.29 is 9.90 Å². The zero-order chi connectivity index (χ0) is 21.0. The number of aliphatic hydroxyl groups is 1. The van der Waals surface area contributed by atoms with Gasteiger partial charge in [-0.3, -0.25) is 9.36 Å². The highest BCUT2D eigenvalue weighted by molar-refractivity contribution is 6.33. The minimum absolute atomic E-state index is 0.177. The van der Waals surface area contributed by atoms with Crippen LogP contribution in [0.2, 0.25) is 5.02 Å². The molecular formula is C20H28ClN5O3. The van der Waals surface area contributed by atoms with Crippen molar-refractivity contribution in [1.29, 1.82) is 0 Å². The van der Waals surface area contributed by atoms with E-state index in [1.54, 1.807) is 19.1 Å². The average Bonchev–Trinajstić information content (AvgIpc) is 2.86. The summed E-state index contributed by atoms with van der Waals surface area (Å²) in [5, 5.41) is 18.1. The second-order valence-electron chi connectivity index (χ2n) is 7.67. The zero-order valence-electron chi connectivity index (χ0n) is 16.7. The molecule has 4 N–H and O–H groups in total. The highest BCUT2D eigenvalue weighted by Gasteiger charge is 2.29. The second-order valence-corrected chi connectivity index (χ2v) is 8.07. The molecule has 3 rings (SSSR count).